The van der Waals surface area contributed by atoms with E-state index in [0.717, 1.165) is 5.69 Å². The van der Waals surface area contributed by atoms with Gasteiger partial charge in [-0.25, -0.2) is 0 Å². The van der Waals surface area contributed by atoms with Gasteiger partial charge in [0.1, 0.15) is 0 Å². The fourth-order valence-electron chi connectivity index (χ4n) is 1.62. The summed E-state index contributed by atoms with van der Waals surface area (Å²) in [6, 6.07) is 10.2. The van der Waals surface area contributed by atoms with Gasteiger partial charge in [-0.2, -0.15) is 0 Å². The molecular weight excluding hydrogens is 256 g/mol. The molecule has 0 bridgehead atoms. The number of carbonyl (C=O) groups is 1. The number of nitrogens with one attached hydrogen (secondary N) is 1. The lowest BCUT2D eigenvalue weighted by molar-refractivity contribution is 0.102. The Morgan fingerprint density at radius 2 is 2.10 bits per heavy atom. The van der Waals surface area contributed by atoms with Crippen molar-refractivity contribution < 1.29 is 10.0 Å². The van der Waals surface area contributed by atoms with Crippen molar-refractivity contribution in [1.29, 1.82) is 0 Å². The lowest BCUT2D eigenvalue weighted by Crippen LogP contribution is -2.15. The Bertz CT molecular complexity index is 650. The molecule has 0 atom stereocenters. The highest BCUT2D eigenvalue weighted by atomic mass is 16.4. The number of amidine groups is 1. The monoisotopic (exact) mass is 270 g/mol. The van der Waals surface area contributed by atoms with Crippen LogP contribution in [0.3, 0.4) is 0 Å². The van der Waals surface area contributed by atoms with Crippen LogP contribution in [0.5, 0.6) is 0 Å². The first-order valence-electron chi connectivity index (χ1n) is 5.92. The summed E-state index contributed by atoms with van der Waals surface area (Å²) in [5, 5.41) is 14.3. The number of benzene rings is 1. The summed E-state index contributed by atoms with van der Waals surface area (Å²) in [6.45, 7) is 1.85. The van der Waals surface area contributed by atoms with Crippen LogP contribution < -0.4 is 11.1 Å². The van der Waals surface area contributed by atoms with Crippen LogP contribution in [-0.2, 0) is 0 Å². The molecule has 0 saturated heterocycles. The molecule has 0 radical (unpaired) electrons. The molecule has 1 heterocycles. The van der Waals surface area contributed by atoms with Crippen molar-refractivity contribution in [2.75, 3.05) is 5.32 Å². The molecule has 2 rings (SSSR count). The van der Waals surface area contributed by atoms with Gasteiger partial charge in [-0.1, -0.05) is 17.3 Å². The third-order valence-electron chi connectivity index (χ3n) is 2.70. The van der Waals surface area contributed by atoms with Crippen molar-refractivity contribution in [1.82, 2.24) is 4.98 Å². The fourth-order valence-corrected chi connectivity index (χ4v) is 1.62. The summed E-state index contributed by atoms with van der Waals surface area (Å²) >= 11 is 0. The van der Waals surface area contributed by atoms with Crippen LogP contribution in [-0.4, -0.2) is 21.9 Å². The SMILES string of the molecule is Cc1ccc(C(=O)Nc2cccc(/C(N)=N/O)c2)cn1. The van der Waals surface area contributed by atoms with E-state index >= 15 is 0 Å². The number of nitrogens with zero attached hydrogens (tertiary/aromatic N) is 2. The third-order valence-corrected chi connectivity index (χ3v) is 2.70. The third kappa shape index (κ3) is 3.11. The summed E-state index contributed by atoms with van der Waals surface area (Å²) in [7, 11) is 0. The number of nitrogens with two attached hydrogens (primary N) is 1. The normalized spacial score (nSPS) is 11.2. The molecular formula is C14H14N4O2. The second kappa shape index (κ2) is 5.83. The highest BCUT2D eigenvalue weighted by Crippen LogP contribution is 2.12. The topological polar surface area (TPSA) is 101 Å². The van der Waals surface area contributed by atoms with Gasteiger partial charge in [0.15, 0.2) is 5.84 Å². The minimum Gasteiger partial charge on any atom is -0.409 e. The molecule has 1 aromatic heterocycles. The van der Waals surface area contributed by atoms with Gasteiger partial charge in [0.25, 0.3) is 5.91 Å². The van der Waals surface area contributed by atoms with Crippen molar-refractivity contribution >= 4 is 17.4 Å². The molecule has 0 aliphatic carbocycles. The molecule has 20 heavy (non-hydrogen) atoms. The first-order valence-corrected chi connectivity index (χ1v) is 5.92. The lowest BCUT2D eigenvalue weighted by atomic mass is 10.1. The predicted octanol–water partition coefficient (Wildman–Crippen LogP) is 1.74. The Hall–Kier alpha value is -2.89. The Morgan fingerprint density at radius 3 is 2.75 bits per heavy atom. The largest absolute Gasteiger partial charge is 0.409 e. The Kier molecular flexibility index (Phi) is 3.95. The Labute approximate surface area is 115 Å². The highest BCUT2D eigenvalue weighted by Gasteiger charge is 2.07. The number of amides is 1. The van der Waals surface area contributed by atoms with Crippen LogP contribution in [0.1, 0.15) is 21.6 Å². The fraction of sp³-hybridized carbons (Fsp3) is 0.0714. The second-order valence-electron chi connectivity index (χ2n) is 4.21. The van der Waals surface area contributed by atoms with Crippen LogP contribution in [0.4, 0.5) is 5.69 Å². The average Bonchev–Trinajstić information content (AvgIpc) is 2.47. The quantitative estimate of drug-likeness (QED) is 0.342. The number of aryl methyl sites for hydroxylation is 1. The van der Waals surface area contributed by atoms with Crippen molar-refractivity contribution in [3.05, 3.63) is 59.4 Å². The number of aromatic nitrogens is 1. The summed E-state index contributed by atoms with van der Waals surface area (Å²) in [6.07, 6.45) is 1.51. The first kappa shape index (κ1) is 13.5. The van der Waals surface area contributed by atoms with Gasteiger partial charge in [-0.15, -0.1) is 0 Å². The maximum atomic E-state index is 12.0. The van der Waals surface area contributed by atoms with Crippen molar-refractivity contribution in [3.8, 4) is 0 Å². The number of carbonyl (C=O) groups excluding carboxylic acids is 1. The second-order valence-corrected chi connectivity index (χ2v) is 4.21. The molecule has 0 spiro atoms. The smallest absolute Gasteiger partial charge is 0.257 e. The van der Waals surface area contributed by atoms with E-state index in [0.29, 0.717) is 16.8 Å². The van der Waals surface area contributed by atoms with Crippen molar-refractivity contribution in [2.45, 2.75) is 6.92 Å². The minimum atomic E-state index is -0.269. The van der Waals surface area contributed by atoms with E-state index in [9.17, 15) is 4.79 Å². The summed E-state index contributed by atoms with van der Waals surface area (Å²) in [5.74, 6) is -0.285. The molecule has 6 heteroatoms. The van der Waals surface area contributed by atoms with Crippen LogP contribution in [0.2, 0.25) is 0 Å². The van der Waals surface area contributed by atoms with Gasteiger partial charge in [0.05, 0.1) is 5.56 Å². The molecule has 0 aliphatic rings. The van der Waals surface area contributed by atoms with E-state index in [-0.39, 0.29) is 11.7 Å². The minimum absolute atomic E-state index is 0.0156. The van der Waals surface area contributed by atoms with E-state index in [1.807, 2.05) is 6.92 Å². The molecule has 0 unspecified atom stereocenters. The summed E-state index contributed by atoms with van der Waals surface area (Å²) in [4.78, 5) is 16.1. The van der Waals surface area contributed by atoms with E-state index < -0.39 is 0 Å². The van der Waals surface area contributed by atoms with E-state index in [2.05, 4.69) is 15.5 Å². The maximum Gasteiger partial charge on any atom is 0.257 e. The molecule has 1 aromatic carbocycles. The predicted molar refractivity (Wildman–Crippen MR) is 75.9 cm³/mol. The van der Waals surface area contributed by atoms with E-state index in [4.69, 9.17) is 10.9 Å². The Balaban J connectivity index is 2.17. The first-order chi connectivity index (χ1) is 9.60. The van der Waals surface area contributed by atoms with Crippen LogP contribution in [0, 0.1) is 6.92 Å². The molecule has 0 aliphatic heterocycles. The number of hydrogen-bond acceptors (Lipinski definition) is 4. The molecule has 0 saturated carbocycles. The zero-order chi connectivity index (χ0) is 14.5. The number of hydrogen-bond donors (Lipinski definition) is 3. The number of anilines is 1. The summed E-state index contributed by atoms with van der Waals surface area (Å²) < 4.78 is 0. The van der Waals surface area contributed by atoms with E-state index in [1.54, 1.807) is 36.4 Å². The number of oxime groups is 1. The van der Waals surface area contributed by atoms with Crippen LogP contribution in [0.15, 0.2) is 47.8 Å². The van der Waals surface area contributed by atoms with Crippen LogP contribution in [0.25, 0.3) is 0 Å². The van der Waals surface area contributed by atoms with Gasteiger partial charge < -0.3 is 16.3 Å². The zero-order valence-corrected chi connectivity index (χ0v) is 10.9. The molecule has 6 nitrogen and oxygen atoms in total. The molecule has 102 valence electrons. The number of pyridine rings is 1. The maximum absolute atomic E-state index is 12.0. The van der Waals surface area contributed by atoms with Gasteiger partial charge in [0.2, 0.25) is 0 Å². The van der Waals surface area contributed by atoms with Crippen molar-refractivity contribution in [2.24, 2.45) is 10.9 Å². The van der Waals surface area contributed by atoms with E-state index in [1.165, 1.54) is 6.20 Å². The lowest BCUT2D eigenvalue weighted by Gasteiger charge is -2.07. The highest BCUT2D eigenvalue weighted by molar-refractivity contribution is 6.05. The van der Waals surface area contributed by atoms with Gasteiger partial charge in [-0.3, -0.25) is 9.78 Å². The zero-order valence-electron chi connectivity index (χ0n) is 10.9. The van der Waals surface area contributed by atoms with Gasteiger partial charge in [0, 0.05) is 23.1 Å². The molecule has 2 aromatic rings. The molecule has 0 fully saturated rings. The molecule has 4 N–H and O–H groups in total. The van der Waals surface area contributed by atoms with Crippen molar-refractivity contribution in [3.63, 3.8) is 0 Å². The Morgan fingerprint density at radius 1 is 1.30 bits per heavy atom. The average molecular weight is 270 g/mol. The summed E-state index contributed by atoms with van der Waals surface area (Å²) in [5.41, 5.74) is 7.88. The standard InChI is InChI=1S/C14H14N4O2/c1-9-5-6-11(8-16-9)14(19)17-12-4-2-3-10(7-12)13(15)18-20/h2-8,20H,1H3,(H2,15,18)(H,17,19). The number of rotatable bonds is 3. The van der Waals surface area contributed by atoms with Crippen LogP contribution >= 0.6 is 0 Å². The van der Waals surface area contributed by atoms with Gasteiger partial charge >= 0.3 is 0 Å². The van der Waals surface area contributed by atoms with Gasteiger partial charge in [-0.05, 0) is 31.2 Å². The molecule has 1 amide bonds.